The van der Waals surface area contributed by atoms with Crippen molar-refractivity contribution in [3.8, 4) is 0 Å². The molecular weight excluding hydrogens is 206 g/mol. The minimum atomic E-state index is -0.486. The largest absolute Gasteiger partial charge is 0.464 e. The summed E-state index contributed by atoms with van der Waals surface area (Å²) in [6.07, 6.45) is 3.54. The molecule has 0 bridgehead atoms. The monoisotopic (exact) mass is 223 g/mol. The van der Waals surface area contributed by atoms with Gasteiger partial charge in [0, 0.05) is 12.4 Å². The van der Waals surface area contributed by atoms with Gasteiger partial charge in [-0.25, -0.2) is 4.79 Å². The molecule has 0 N–H and O–H groups in total. The van der Waals surface area contributed by atoms with Gasteiger partial charge in [-0.2, -0.15) is 0 Å². The first-order chi connectivity index (χ1) is 7.77. The van der Waals surface area contributed by atoms with E-state index in [0.29, 0.717) is 19.6 Å². The number of carbonyl (C=O) groups is 1. The highest BCUT2D eigenvalue weighted by atomic mass is 16.6. The third-order valence-electron chi connectivity index (χ3n) is 2.09. The summed E-state index contributed by atoms with van der Waals surface area (Å²) in [4.78, 5) is 15.4. The molecule has 1 atom stereocenters. The van der Waals surface area contributed by atoms with Gasteiger partial charge in [0.15, 0.2) is 6.10 Å². The summed E-state index contributed by atoms with van der Waals surface area (Å²) < 4.78 is 10.4. The molecule has 1 aromatic rings. The molecule has 0 spiro atoms. The van der Waals surface area contributed by atoms with E-state index in [2.05, 4.69) is 4.98 Å². The number of hydrogen-bond acceptors (Lipinski definition) is 4. The fraction of sp³-hybridized carbons (Fsp3) is 0.500. The average Bonchev–Trinajstić information content (AvgIpc) is 2.31. The molecule has 0 radical (unpaired) electrons. The molecule has 1 rings (SSSR count). The van der Waals surface area contributed by atoms with E-state index in [1.165, 1.54) is 0 Å². The van der Waals surface area contributed by atoms with Crippen molar-refractivity contribution in [1.82, 2.24) is 4.98 Å². The summed E-state index contributed by atoms with van der Waals surface area (Å²) in [5.74, 6) is -0.297. The molecule has 0 aliphatic carbocycles. The Kier molecular flexibility index (Phi) is 5.50. The van der Waals surface area contributed by atoms with Gasteiger partial charge in [-0.05, 0) is 25.0 Å². The number of rotatable bonds is 6. The Morgan fingerprint density at radius 2 is 2.31 bits per heavy atom. The Labute approximate surface area is 95.6 Å². The van der Waals surface area contributed by atoms with E-state index < -0.39 is 6.10 Å². The summed E-state index contributed by atoms with van der Waals surface area (Å²) >= 11 is 0. The topological polar surface area (TPSA) is 48.4 Å². The Morgan fingerprint density at radius 1 is 1.50 bits per heavy atom. The Morgan fingerprint density at radius 3 is 2.88 bits per heavy atom. The molecular formula is C12H17NO3. The SMILES string of the molecule is CCOC(=O)C(CC)OCc1cccnc1. The van der Waals surface area contributed by atoms with E-state index >= 15 is 0 Å². The van der Waals surface area contributed by atoms with Crippen LogP contribution in [0.25, 0.3) is 0 Å². The zero-order valence-corrected chi connectivity index (χ0v) is 9.68. The Balaban J connectivity index is 2.43. The molecule has 88 valence electrons. The van der Waals surface area contributed by atoms with Crippen LogP contribution in [0.5, 0.6) is 0 Å². The average molecular weight is 223 g/mol. The minimum absolute atomic E-state index is 0.297. The van der Waals surface area contributed by atoms with Crippen molar-refractivity contribution in [2.24, 2.45) is 0 Å². The number of ether oxygens (including phenoxy) is 2. The first-order valence-corrected chi connectivity index (χ1v) is 5.45. The van der Waals surface area contributed by atoms with Crippen LogP contribution in [0.2, 0.25) is 0 Å². The van der Waals surface area contributed by atoms with Crippen LogP contribution < -0.4 is 0 Å². The van der Waals surface area contributed by atoms with Crippen molar-refractivity contribution in [3.05, 3.63) is 30.1 Å². The quantitative estimate of drug-likeness (QED) is 0.691. The molecule has 1 unspecified atom stereocenters. The Bertz CT molecular complexity index is 313. The lowest BCUT2D eigenvalue weighted by Crippen LogP contribution is -2.25. The van der Waals surface area contributed by atoms with Crippen molar-refractivity contribution in [3.63, 3.8) is 0 Å². The van der Waals surface area contributed by atoms with Gasteiger partial charge >= 0.3 is 5.97 Å². The van der Waals surface area contributed by atoms with Crippen LogP contribution >= 0.6 is 0 Å². The summed E-state index contributed by atoms with van der Waals surface area (Å²) in [5, 5.41) is 0. The molecule has 1 heterocycles. The van der Waals surface area contributed by atoms with Crippen molar-refractivity contribution >= 4 is 5.97 Å². The molecule has 0 saturated heterocycles. The standard InChI is InChI=1S/C12H17NO3/c1-3-11(12(14)15-4-2)16-9-10-6-5-7-13-8-10/h5-8,11H,3-4,9H2,1-2H3. The number of aromatic nitrogens is 1. The molecule has 0 saturated carbocycles. The van der Waals surface area contributed by atoms with E-state index in [0.717, 1.165) is 5.56 Å². The first-order valence-electron chi connectivity index (χ1n) is 5.45. The smallest absolute Gasteiger partial charge is 0.335 e. The summed E-state index contributed by atoms with van der Waals surface area (Å²) in [5.41, 5.74) is 0.949. The molecule has 0 aromatic carbocycles. The van der Waals surface area contributed by atoms with Gasteiger partial charge in [0.2, 0.25) is 0 Å². The number of pyridine rings is 1. The van der Waals surface area contributed by atoms with E-state index in [1.54, 1.807) is 19.3 Å². The summed E-state index contributed by atoms with van der Waals surface area (Å²) in [6, 6.07) is 3.74. The van der Waals surface area contributed by atoms with Gasteiger partial charge in [-0.3, -0.25) is 4.98 Å². The van der Waals surface area contributed by atoms with Crippen LogP contribution in [0.15, 0.2) is 24.5 Å². The molecule has 0 aliphatic heterocycles. The van der Waals surface area contributed by atoms with Crippen LogP contribution in [-0.2, 0) is 20.9 Å². The van der Waals surface area contributed by atoms with Crippen LogP contribution in [0, 0.1) is 0 Å². The van der Waals surface area contributed by atoms with E-state index in [1.807, 2.05) is 19.1 Å². The summed E-state index contributed by atoms with van der Waals surface area (Å²) in [7, 11) is 0. The minimum Gasteiger partial charge on any atom is -0.464 e. The lowest BCUT2D eigenvalue weighted by Gasteiger charge is -2.14. The van der Waals surface area contributed by atoms with Crippen LogP contribution in [-0.4, -0.2) is 23.7 Å². The van der Waals surface area contributed by atoms with Gasteiger partial charge in [-0.1, -0.05) is 13.0 Å². The highest BCUT2D eigenvalue weighted by Gasteiger charge is 2.17. The molecule has 0 aliphatic rings. The third kappa shape index (κ3) is 3.98. The molecule has 4 heteroatoms. The van der Waals surface area contributed by atoms with Crippen LogP contribution in [0.4, 0.5) is 0 Å². The zero-order chi connectivity index (χ0) is 11.8. The molecule has 0 amide bonds. The fourth-order valence-corrected chi connectivity index (χ4v) is 1.27. The molecule has 0 fully saturated rings. The second kappa shape index (κ2) is 6.95. The molecule has 4 nitrogen and oxygen atoms in total. The number of hydrogen-bond donors (Lipinski definition) is 0. The maximum atomic E-state index is 11.4. The van der Waals surface area contributed by atoms with Gasteiger partial charge < -0.3 is 9.47 Å². The van der Waals surface area contributed by atoms with Gasteiger partial charge in [0.05, 0.1) is 13.2 Å². The zero-order valence-electron chi connectivity index (χ0n) is 9.68. The van der Waals surface area contributed by atoms with E-state index in [9.17, 15) is 4.79 Å². The first kappa shape index (κ1) is 12.6. The maximum absolute atomic E-state index is 11.4. The van der Waals surface area contributed by atoms with Crippen LogP contribution in [0.1, 0.15) is 25.8 Å². The highest BCUT2D eigenvalue weighted by Crippen LogP contribution is 2.06. The number of carbonyl (C=O) groups excluding carboxylic acids is 1. The third-order valence-corrected chi connectivity index (χ3v) is 2.09. The molecule has 16 heavy (non-hydrogen) atoms. The summed E-state index contributed by atoms with van der Waals surface area (Å²) in [6.45, 7) is 4.44. The lowest BCUT2D eigenvalue weighted by atomic mass is 10.2. The second-order valence-corrected chi connectivity index (χ2v) is 3.32. The van der Waals surface area contributed by atoms with Crippen LogP contribution in [0.3, 0.4) is 0 Å². The fourth-order valence-electron chi connectivity index (χ4n) is 1.27. The van der Waals surface area contributed by atoms with Gasteiger partial charge in [0.1, 0.15) is 0 Å². The Hall–Kier alpha value is -1.42. The molecule has 1 aromatic heterocycles. The predicted octanol–water partition coefficient (Wildman–Crippen LogP) is 1.94. The lowest BCUT2D eigenvalue weighted by molar-refractivity contribution is -0.157. The predicted molar refractivity (Wildman–Crippen MR) is 59.7 cm³/mol. The number of esters is 1. The van der Waals surface area contributed by atoms with Crippen molar-refractivity contribution in [1.29, 1.82) is 0 Å². The van der Waals surface area contributed by atoms with Crippen molar-refractivity contribution < 1.29 is 14.3 Å². The van der Waals surface area contributed by atoms with E-state index in [-0.39, 0.29) is 5.97 Å². The normalized spacial score (nSPS) is 12.1. The van der Waals surface area contributed by atoms with Crippen molar-refractivity contribution in [2.45, 2.75) is 33.0 Å². The number of nitrogens with zero attached hydrogens (tertiary/aromatic N) is 1. The highest BCUT2D eigenvalue weighted by molar-refractivity contribution is 5.74. The maximum Gasteiger partial charge on any atom is 0.335 e. The van der Waals surface area contributed by atoms with E-state index in [4.69, 9.17) is 9.47 Å². The van der Waals surface area contributed by atoms with Gasteiger partial charge in [-0.15, -0.1) is 0 Å². The second-order valence-electron chi connectivity index (χ2n) is 3.32. The van der Waals surface area contributed by atoms with Gasteiger partial charge in [0.25, 0.3) is 0 Å². The van der Waals surface area contributed by atoms with Crippen molar-refractivity contribution in [2.75, 3.05) is 6.61 Å².